The molecule has 4 unspecified atom stereocenters. The summed E-state index contributed by atoms with van der Waals surface area (Å²) in [5.41, 5.74) is 0. The fourth-order valence-corrected chi connectivity index (χ4v) is 3.66. The third-order valence-corrected chi connectivity index (χ3v) is 6.54. The monoisotopic (exact) mass is 582 g/mol. The standard InChI is InChI=1S/C32H54O9/c1-7-11-13-27(9-3)21-37-23-29(33)15-17-31(35)40-20-26(6)38-19-25(5)39-24-30(34)16-18-32(36)41-22-28(10-4)14-12-8-2/h15-18,25-28H,7-14,19-24H2,1-6H3. The summed E-state index contributed by atoms with van der Waals surface area (Å²) in [4.78, 5) is 47.7. The SMILES string of the molecule is CCCCC(CC)COCC(=O)C=CC(=O)OCC(C)OCC(C)OCC(=O)C=CC(=O)OCC(CC)CCCC. The molecule has 0 aromatic rings. The molecule has 0 N–H and O–H groups in total. The molecule has 0 amide bonds. The Balaban J connectivity index is 4.10. The molecule has 236 valence electrons. The maximum atomic E-state index is 12.0. The Bertz CT molecular complexity index is 790. The van der Waals surface area contributed by atoms with Gasteiger partial charge in [-0.2, -0.15) is 0 Å². The molecule has 0 saturated carbocycles. The number of hydrogen-bond acceptors (Lipinski definition) is 9. The van der Waals surface area contributed by atoms with Crippen LogP contribution in [-0.2, 0) is 42.9 Å². The van der Waals surface area contributed by atoms with Gasteiger partial charge in [0.15, 0.2) is 11.6 Å². The molecule has 0 rings (SSSR count). The van der Waals surface area contributed by atoms with Crippen LogP contribution < -0.4 is 0 Å². The Morgan fingerprint density at radius 2 is 1.07 bits per heavy atom. The van der Waals surface area contributed by atoms with E-state index in [1.807, 2.05) is 0 Å². The van der Waals surface area contributed by atoms with Gasteiger partial charge in [-0.15, -0.1) is 0 Å². The first-order chi connectivity index (χ1) is 19.6. The molecule has 0 heterocycles. The van der Waals surface area contributed by atoms with E-state index in [0.29, 0.717) is 25.0 Å². The average Bonchev–Trinajstić information content (AvgIpc) is 2.97. The summed E-state index contributed by atoms with van der Waals surface area (Å²) >= 11 is 0. The van der Waals surface area contributed by atoms with Crippen LogP contribution in [0.3, 0.4) is 0 Å². The number of unbranched alkanes of at least 4 members (excludes halogenated alkanes) is 2. The summed E-state index contributed by atoms with van der Waals surface area (Å²) in [6.07, 6.45) is 12.3. The van der Waals surface area contributed by atoms with Crippen molar-refractivity contribution >= 4 is 23.5 Å². The van der Waals surface area contributed by atoms with Gasteiger partial charge in [-0.1, -0.05) is 66.2 Å². The molecule has 0 aliphatic heterocycles. The number of hydrogen-bond donors (Lipinski definition) is 0. The molecule has 9 heteroatoms. The van der Waals surface area contributed by atoms with Crippen molar-refractivity contribution in [2.24, 2.45) is 11.8 Å². The quantitative estimate of drug-likeness (QED) is 0.0952. The molecule has 0 radical (unpaired) electrons. The van der Waals surface area contributed by atoms with Crippen molar-refractivity contribution in [3.05, 3.63) is 24.3 Å². The lowest BCUT2D eigenvalue weighted by Gasteiger charge is -2.17. The lowest BCUT2D eigenvalue weighted by molar-refractivity contribution is -0.143. The Kier molecular flexibility index (Phi) is 23.9. The van der Waals surface area contributed by atoms with E-state index in [9.17, 15) is 19.2 Å². The lowest BCUT2D eigenvalue weighted by atomic mass is 10.0. The van der Waals surface area contributed by atoms with Crippen LogP contribution in [0.4, 0.5) is 0 Å². The Morgan fingerprint density at radius 3 is 1.61 bits per heavy atom. The van der Waals surface area contributed by atoms with Crippen molar-refractivity contribution in [1.82, 2.24) is 0 Å². The highest BCUT2D eigenvalue weighted by Gasteiger charge is 2.12. The summed E-state index contributed by atoms with van der Waals surface area (Å²) in [5, 5.41) is 0. The first-order valence-corrected chi connectivity index (χ1v) is 15.2. The van der Waals surface area contributed by atoms with Crippen LogP contribution in [0.15, 0.2) is 24.3 Å². The number of carbonyl (C=O) groups excluding carboxylic acids is 4. The first kappa shape index (κ1) is 38.6. The zero-order chi connectivity index (χ0) is 30.9. The van der Waals surface area contributed by atoms with E-state index in [4.69, 9.17) is 23.7 Å². The maximum absolute atomic E-state index is 12.0. The summed E-state index contributed by atoms with van der Waals surface area (Å²) in [6.45, 7) is 12.7. The van der Waals surface area contributed by atoms with E-state index in [-0.39, 0.29) is 38.0 Å². The second kappa shape index (κ2) is 25.4. The minimum atomic E-state index is -0.644. The van der Waals surface area contributed by atoms with Gasteiger partial charge >= 0.3 is 11.9 Å². The highest BCUT2D eigenvalue weighted by Crippen LogP contribution is 2.13. The molecular formula is C32H54O9. The van der Waals surface area contributed by atoms with Gasteiger partial charge in [-0.25, -0.2) is 9.59 Å². The Morgan fingerprint density at radius 1 is 0.585 bits per heavy atom. The van der Waals surface area contributed by atoms with Crippen LogP contribution >= 0.6 is 0 Å². The van der Waals surface area contributed by atoms with Crippen molar-refractivity contribution in [2.75, 3.05) is 39.6 Å². The van der Waals surface area contributed by atoms with Crippen molar-refractivity contribution in [1.29, 1.82) is 0 Å². The minimum Gasteiger partial charge on any atom is -0.462 e. The molecule has 0 fully saturated rings. The van der Waals surface area contributed by atoms with Crippen molar-refractivity contribution in [3.8, 4) is 0 Å². The van der Waals surface area contributed by atoms with Gasteiger partial charge in [0.25, 0.3) is 0 Å². The Hall–Kier alpha value is -2.36. The van der Waals surface area contributed by atoms with E-state index in [0.717, 1.165) is 75.7 Å². The highest BCUT2D eigenvalue weighted by atomic mass is 16.6. The second-order valence-electron chi connectivity index (χ2n) is 10.5. The molecule has 0 aromatic heterocycles. The van der Waals surface area contributed by atoms with Crippen LogP contribution in [0, 0.1) is 11.8 Å². The average molecular weight is 583 g/mol. The normalized spacial score (nSPS) is 14.6. The van der Waals surface area contributed by atoms with Crippen molar-refractivity contribution in [2.45, 2.75) is 105 Å². The van der Waals surface area contributed by atoms with E-state index in [1.54, 1.807) is 13.8 Å². The van der Waals surface area contributed by atoms with E-state index in [1.165, 1.54) is 0 Å². The molecule has 9 nitrogen and oxygen atoms in total. The van der Waals surface area contributed by atoms with Gasteiger partial charge in [0, 0.05) is 18.8 Å². The number of carbonyl (C=O) groups is 4. The first-order valence-electron chi connectivity index (χ1n) is 15.2. The van der Waals surface area contributed by atoms with Gasteiger partial charge in [0.05, 0.1) is 25.4 Å². The van der Waals surface area contributed by atoms with Gasteiger partial charge in [-0.3, -0.25) is 9.59 Å². The Labute approximate surface area is 247 Å². The highest BCUT2D eigenvalue weighted by molar-refractivity contribution is 5.97. The van der Waals surface area contributed by atoms with Crippen LogP contribution in [0.25, 0.3) is 0 Å². The van der Waals surface area contributed by atoms with Crippen molar-refractivity contribution in [3.63, 3.8) is 0 Å². The van der Waals surface area contributed by atoms with Gasteiger partial charge in [-0.05, 0) is 50.7 Å². The van der Waals surface area contributed by atoms with Crippen molar-refractivity contribution < 1.29 is 42.9 Å². The maximum Gasteiger partial charge on any atom is 0.330 e. The number of esters is 2. The molecule has 0 spiro atoms. The molecule has 0 aliphatic rings. The fourth-order valence-electron chi connectivity index (χ4n) is 3.66. The minimum absolute atomic E-state index is 0.00267. The molecule has 4 atom stereocenters. The predicted molar refractivity (Wildman–Crippen MR) is 158 cm³/mol. The third-order valence-electron chi connectivity index (χ3n) is 6.54. The van der Waals surface area contributed by atoms with Gasteiger partial charge in [0.2, 0.25) is 0 Å². The molecule has 0 saturated heterocycles. The van der Waals surface area contributed by atoms with Crippen LogP contribution in [0.5, 0.6) is 0 Å². The van der Waals surface area contributed by atoms with Gasteiger partial charge in [0.1, 0.15) is 19.8 Å². The zero-order valence-corrected chi connectivity index (χ0v) is 26.2. The van der Waals surface area contributed by atoms with Crippen LogP contribution in [-0.4, -0.2) is 75.4 Å². The molecule has 41 heavy (non-hydrogen) atoms. The second-order valence-corrected chi connectivity index (χ2v) is 10.5. The van der Waals surface area contributed by atoms with Crippen LogP contribution in [0.2, 0.25) is 0 Å². The smallest absolute Gasteiger partial charge is 0.330 e. The summed E-state index contributed by atoms with van der Waals surface area (Å²) in [6, 6.07) is 0. The molecule has 0 aromatic carbocycles. The number of ketones is 2. The molecule has 0 aliphatic carbocycles. The number of rotatable bonds is 26. The fraction of sp³-hybridized carbons (Fsp3) is 0.750. The molecular weight excluding hydrogens is 528 g/mol. The van der Waals surface area contributed by atoms with E-state index in [2.05, 4.69) is 27.7 Å². The zero-order valence-electron chi connectivity index (χ0n) is 26.2. The predicted octanol–water partition coefficient (Wildman–Crippen LogP) is 5.58. The van der Waals surface area contributed by atoms with E-state index >= 15 is 0 Å². The third kappa shape index (κ3) is 23.0. The summed E-state index contributed by atoms with van der Waals surface area (Å²) < 4.78 is 26.9. The summed E-state index contributed by atoms with van der Waals surface area (Å²) in [7, 11) is 0. The number of ether oxygens (including phenoxy) is 5. The van der Waals surface area contributed by atoms with E-state index < -0.39 is 24.1 Å². The van der Waals surface area contributed by atoms with Gasteiger partial charge < -0.3 is 23.7 Å². The molecule has 0 bridgehead atoms. The summed E-state index contributed by atoms with van der Waals surface area (Å²) in [5.74, 6) is -1.06. The largest absolute Gasteiger partial charge is 0.462 e. The lowest BCUT2D eigenvalue weighted by Crippen LogP contribution is -2.25. The van der Waals surface area contributed by atoms with Crippen LogP contribution in [0.1, 0.15) is 92.9 Å². The topological polar surface area (TPSA) is 114 Å².